The zero-order valence-electron chi connectivity index (χ0n) is 11.6. The van der Waals surface area contributed by atoms with E-state index in [0.29, 0.717) is 6.54 Å². The molecule has 5 nitrogen and oxygen atoms in total. The second-order valence-electron chi connectivity index (χ2n) is 4.95. The maximum atomic E-state index is 12.2. The van der Waals surface area contributed by atoms with Crippen molar-refractivity contribution in [2.75, 3.05) is 23.8 Å². The van der Waals surface area contributed by atoms with Gasteiger partial charge in [0.1, 0.15) is 5.75 Å². The zero-order chi connectivity index (χ0) is 14.0. The molecule has 1 amide bonds. The van der Waals surface area contributed by atoms with E-state index in [4.69, 9.17) is 10.5 Å². The summed E-state index contributed by atoms with van der Waals surface area (Å²) in [5.41, 5.74) is 7.55. The summed E-state index contributed by atoms with van der Waals surface area (Å²) in [5, 5.41) is 3.07. The van der Waals surface area contributed by atoms with Crippen molar-refractivity contribution in [2.24, 2.45) is 5.73 Å². The summed E-state index contributed by atoms with van der Waals surface area (Å²) in [7, 11) is 1.85. The van der Waals surface area contributed by atoms with E-state index >= 15 is 0 Å². The van der Waals surface area contributed by atoms with Gasteiger partial charge in [-0.2, -0.15) is 0 Å². The van der Waals surface area contributed by atoms with Crippen LogP contribution in [-0.2, 0) is 4.79 Å². The van der Waals surface area contributed by atoms with Crippen LogP contribution in [0.3, 0.4) is 0 Å². The quantitative estimate of drug-likeness (QED) is 0.865. The number of nitrogens with zero attached hydrogens (tertiary/aromatic N) is 1. The molecule has 3 N–H and O–H groups in total. The number of carbonyl (C=O) groups is 1. The van der Waals surface area contributed by atoms with Crippen LogP contribution >= 0.6 is 0 Å². The predicted molar refractivity (Wildman–Crippen MR) is 76.7 cm³/mol. The Morgan fingerprint density at radius 1 is 1.53 bits per heavy atom. The molecule has 0 spiro atoms. The van der Waals surface area contributed by atoms with E-state index in [1.807, 2.05) is 32.2 Å². The zero-order valence-corrected chi connectivity index (χ0v) is 11.6. The number of nitrogens with one attached hydrogen (secondary N) is 1. The molecule has 1 heterocycles. The normalized spacial score (nSPS) is 19.7. The molecule has 0 fully saturated rings. The Morgan fingerprint density at radius 2 is 2.26 bits per heavy atom. The van der Waals surface area contributed by atoms with Gasteiger partial charge >= 0.3 is 0 Å². The standard InChI is InChI=1S/C14H21N3O2/c1-9(15)6-7-17-12-8-11(16-3)4-5-13(12)19-10(2)14(17)18/h4-5,8-10,16H,6-7,15H2,1-3H3. The minimum Gasteiger partial charge on any atom is -0.479 e. The van der Waals surface area contributed by atoms with Crippen LogP contribution in [-0.4, -0.2) is 31.6 Å². The average molecular weight is 263 g/mol. The Balaban J connectivity index is 2.33. The fraction of sp³-hybridized carbons (Fsp3) is 0.500. The van der Waals surface area contributed by atoms with Crippen LogP contribution in [0, 0.1) is 0 Å². The van der Waals surface area contributed by atoms with Crippen LogP contribution in [0.15, 0.2) is 18.2 Å². The topological polar surface area (TPSA) is 67.6 Å². The molecule has 19 heavy (non-hydrogen) atoms. The molecule has 0 radical (unpaired) electrons. The largest absolute Gasteiger partial charge is 0.479 e. The Hall–Kier alpha value is -1.75. The van der Waals surface area contributed by atoms with Crippen molar-refractivity contribution in [3.05, 3.63) is 18.2 Å². The van der Waals surface area contributed by atoms with Crippen molar-refractivity contribution >= 4 is 17.3 Å². The highest BCUT2D eigenvalue weighted by atomic mass is 16.5. The fourth-order valence-electron chi connectivity index (χ4n) is 2.13. The molecule has 1 aromatic rings. The first-order valence-electron chi connectivity index (χ1n) is 6.58. The van der Waals surface area contributed by atoms with Crippen molar-refractivity contribution in [3.8, 4) is 5.75 Å². The summed E-state index contributed by atoms with van der Waals surface area (Å²) in [6.07, 6.45) is 0.322. The van der Waals surface area contributed by atoms with Gasteiger partial charge in [0.05, 0.1) is 5.69 Å². The SMILES string of the molecule is CNc1ccc2c(c1)N(CCC(C)N)C(=O)C(C)O2. The van der Waals surface area contributed by atoms with E-state index in [0.717, 1.165) is 23.5 Å². The average Bonchev–Trinajstić information content (AvgIpc) is 2.38. The van der Waals surface area contributed by atoms with Gasteiger partial charge in [-0.15, -0.1) is 0 Å². The molecule has 1 aliphatic rings. The van der Waals surface area contributed by atoms with Crippen molar-refractivity contribution < 1.29 is 9.53 Å². The number of amides is 1. The maximum absolute atomic E-state index is 12.2. The van der Waals surface area contributed by atoms with Gasteiger partial charge in [0.15, 0.2) is 6.10 Å². The second kappa shape index (κ2) is 5.48. The van der Waals surface area contributed by atoms with Crippen molar-refractivity contribution in [1.82, 2.24) is 0 Å². The highest BCUT2D eigenvalue weighted by molar-refractivity contribution is 6.00. The summed E-state index contributed by atoms with van der Waals surface area (Å²) in [6.45, 7) is 4.33. The van der Waals surface area contributed by atoms with Gasteiger partial charge in [0, 0.05) is 25.3 Å². The second-order valence-corrected chi connectivity index (χ2v) is 4.95. The summed E-state index contributed by atoms with van der Waals surface area (Å²) < 4.78 is 5.63. The van der Waals surface area contributed by atoms with Crippen LogP contribution in [0.25, 0.3) is 0 Å². The number of hydrogen-bond acceptors (Lipinski definition) is 4. The monoisotopic (exact) mass is 263 g/mol. The summed E-state index contributed by atoms with van der Waals surface area (Å²) in [5.74, 6) is 0.733. The number of ether oxygens (including phenoxy) is 1. The first-order chi connectivity index (χ1) is 9.02. The number of anilines is 2. The minimum absolute atomic E-state index is 0.0126. The molecule has 2 atom stereocenters. The predicted octanol–water partition coefficient (Wildman–Crippen LogP) is 1.58. The van der Waals surface area contributed by atoms with Crippen LogP contribution in [0.1, 0.15) is 20.3 Å². The lowest BCUT2D eigenvalue weighted by Crippen LogP contribution is -2.45. The molecule has 104 valence electrons. The lowest BCUT2D eigenvalue weighted by Gasteiger charge is -2.33. The number of carbonyl (C=O) groups excluding carboxylic acids is 1. The van der Waals surface area contributed by atoms with Crippen LogP contribution < -0.4 is 20.7 Å². The number of fused-ring (bicyclic) bond motifs is 1. The molecule has 0 aliphatic carbocycles. The molecule has 5 heteroatoms. The number of rotatable bonds is 4. The van der Waals surface area contributed by atoms with E-state index in [-0.39, 0.29) is 11.9 Å². The maximum Gasteiger partial charge on any atom is 0.267 e. The molecule has 0 saturated carbocycles. The molecular weight excluding hydrogens is 242 g/mol. The van der Waals surface area contributed by atoms with Crippen molar-refractivity contribution in [2.45, 2.75) is 32.4 Å². The third kappa shape index (κ3) is 2.81. The van der Waals surface area contributed by atoms with Gasteiger partial charge in [0.25, 0.3) is 5.91 Å². The lowest BCUT2D eigenvalue weighted by molar-refractivity contribution is -0.125. The molecule has 0 aromatic heterocycles. The summed E-state index contributed by atoms with van der Waals surface area (Å²) >= 11 is 0. The first-order valence-corrected chi connectivity index (χ1v) is 6.58. The summed E-state index contributed by atoms with van der Waals surface area (Å²) in [4.78, 5) is 14.0. The minimum atomic E-state index is -0.444. The van der Waals surface area contributed by atoms with Crippen molar-refractivity contribution in [1.29, 1.82) is 0 Å². The van der Waals surface area contributed by atoms with E-state index in [1.54, 1.807) is 11.8 Å². The summed E-state index contributed by atoms with van der Waals surface area (Å²) in [6, 6.07) is 5.83. The highest BCUT2D eigenvalue weighted by Crippen LogP contribution is 2.36. The molecule has 1 aliphatic heterocycles. The van der Waals surface area contributed by atoms with Crippen LogP contribution in [0.4, 0.5) is 11.4 Å². The third-order valence-corrected chi connectivity index (χ3v) is 3.26. The number of nitrogens with two attached hydrogens (primary N) is 1. The molecule has 1 aromatic carbocycles. The van der Waals surface area contributed by atoms with Gasteiger partial charge in [0.2, 0.25) is 0 Å². The Bertz CT molecular complexity index is 474. The third-order valence-electron chi connectivity index (χ3n) is 3.26. The smallest absolute Gasteiger partial charge is 0.267 e. The van der Waals surface area contributed by atoms with Gasteiger partial charge in [-0.25, -0.2) is 0 Å². The van der Waals surface area contributed by atoms with Gasteiger partial charge in [-0.3, -0.25) is 4.79 Å². The van der Waals surface area contributed by atoms with E-state index in [9.17, 15) is 4.79 Å². The Morgan fingerprint density at radius 3 is 2.89 bits per heavy atom. The van der Waals surface area contributed by atoms with E-state index < -0.39 is 6.10 Å². The molecule has 2 rings (SSSR count). The van der Waals surface area contributed by atoms with Gasteiger partial charge in [-0.1, -0.05) is 0 Å². The fourth-order valence-corrected chi connectivity index (χ4v) is 2.13. The first kappa shape index (κ1) is 13.7. The van der Waals surface area contributed by atoms with Gasteiger partial charge < -0.3 is 20.7 Å². The Kier molecular flexibility index (Phi) is 3.95. The molecule has 2 unspecified atom stereocenters. The van der Waals surface area contributed by atoms with Gasteiger partial charge in [-0.05, 0) is 38.5 Å². The van der Waals surface area contributed by atoms with E-state index in [1.165, 1.54) is 0 Å². The van der Waals surface area contributed by atoms with Crippen LogP contribution in [0.5, 0.6) is 5.75 Å². The highest BCUT2D eigenvalue weighted by Gasteiger charge is 2.31. The molecular formula is C14H21N3O2. The van der Waals surface area contributed by atoms with E-state index in [2.05, 4.69) is 5.32 Å². The lowest BCUT2D eigenvalue weighted by atomic mass is 10.1. The van der Waals surface area contributed by atoms with Crippen molar-refractivity contribution in [3.63, 3.8) is 0 Å². The molecule has 0 saturated heterocycles. The number of hydrogen-bond donors (Lipinski definition) is 2. The number of benzene rings is 1. The Labute approximate surface area is 113 Å². The van der Waals surface area contributed by atoms with Crippen LogP contribution in [0.2, 0.25) is 0 Å². The molecule has 0 bridgehead atoms.